The van der Waals surface area contributed by atoms with Crippen LogP contribution in [-0.2, 0) is 0 Å². The quantitative estimate of drug-likeness (QED) is 0.566. The second-order valence-electron chi connectivity index (χ2n) is 3.73. The van der Waals surface area contributed by atoms with Crippen LogP contribution in [0.25, 0.3) is 0 Å². The van der Waals surface area contributed by atoms with E-state index in [9.17, 15) is 0 Å². The van der Waals surface area contributed by atoms with Gasteiger partial charge < -0.3 is 0 Å². The molecule has 0 radical (unpaired) electrons. The minimum Gasteiger partial charge on any atom is -0.284 e. The third-order valence-corrected chi connectivity index (χ3v) is 3.53. The molecule has 100 valence electrons. The molecule has 0 amide bonds. The van der Waals surface area contributed by atoms with E-state index in [1.165, 1.54) is 10.5 Å². The van der Waals surface area contributed by atoms with Crippen molar-refractivity contribution < 1.29 is 0 Å². The zero-order valence-electron chi connectivity index (χ0n) is 12.0. The molecule has 0 unspecified atom stereocenters. The van der Waals surface area contributed by atoms with E-state index in [1.807, 2.05) is 19.3 Å². The van der Waals surface area contributed by atoms with Crippen molar-refractivity contribution in [3.63, 3.8) is 0 Å². The molecular formula is C15H24N2S. The third-order valence-electron chi connectivity index (χ3n) is 2.69. The molecule has 0 aliphatic carbocycles. The number of aliphatic imine (C=N–C) groups is 2. The van der Waals surface area contributed by atoms with Crippen molar-refractivity contribution in [2.24, 2.45) is 9.98 Å². The van der Waals surface area contributed by atoms with Crippen LogP contribution in [0.3, 0.4) is 0 Å². The van der Waals surface area contributed by atoms with Gasteiger partial charge in [-0.25, -0.2) is 0 Å². The van der Waals surface area contributed by atoms with Gasteiger partial charge in [0.15, 0.2) is 0 Å². The Morgan fingerprint density at radius 2 is 1.94 bits per heavy atom. The Kier molecular flexibility index (Phi) is 9.29. The van der Waals surface area contributed by atoms with Crippen LogP contribution in [0.2, 0.25) is 0 Å². The zero-order chi connectivity index (χ0) is 14.0. The van der Waals surface area contributed by atoms with Gasteiger partial charge in [-0.3, -0.25) is 9.98 Å². The van der Waals surface area contributed by atoms with Crippen molar-refractivity contribution in [2.45, 2.75) is 40.5 Å². The van der Waals surface area contributed by atoms with Gasteiger partial charge in [-0.15, -0.1) is 11.8 Å². The first-order chi connectivity index (χ1) is 8.64. The summed E-state index contributed by atoms with van der Waals surface area (Å²) in [6.07, 6.45) is 3.94. The fourth-order valence-electron chi connectivity index (χ4n) is 1.66. The molecule has 0 atom stereocenters. The van der Waals surface area contributed by atoms with Crippen molar-refractivity contribution in [2.75, 3.05) is 6.54 Å². The maximum Gasteiger partial charge on any atom is 0.0702 e. The standard InChI is InChI=1S/C15H24N2S/c1-7-13(18-10-4)11-17-15(9-3)14(8-2)12(5)16-6/h7,10H,4,6,8-9,11H2,1-3,5H3/b13-7-,14-12-,17-15?. The summed E-state index contributed by atoms with van der Waals surface area (Å²) >= 11 is 1.63. The summed E-state index contributed by atoms with van der Waals surface area (Å²) in [6, 6.07) is 0. The third kappa shape index (κ3) is 5.50. The highest BCUT2D eigenvalue weighted by Gasteiger charge is 2.06. The second kappa shape index (κ2) is 9.89. The summed E-state index contributed by atoms with van der Waals surface area (Å²) in [5.41, 5.74) is 3.33. The average molecular weight is 264 g/mol. The Morgan fingerprint density at radius 1 is 1.28 bits per heavy atom. The molecule has 0 spiro atoms. The van der Waals surface area contributed by atoms with Crippen molar-refractivity contribution in [3.8, 4) is 0 Å². The second-order valence-corrected chi connectivity index (χ2v) is 4.83. The van der Waals surface area contributed by atoms with Crippen molar-refractivity contribution in [1.82, 2.24) is 0 Å². The van der Waals surface area contributed by atoms with Crippen LogP contribution in [0.5, 0.6) is 0 Å². The number of nitrogens with zero attached hydrogens (tertiary/aromatic N) is 2. The van der Waals surface area contributed by atoms with E-state index < -0.39 is 0 Å². The van der Waals surface area contributed by atoms with E-state index in [1.54, 1.807) is 11.8 Å². The molecule has 0 N–H and O–H groups in total. The van der Waals surface area contributed by atoms with Gasteiger partial charge in [0.25, 0.3) is 0 Å². The van der Waals surface area contributed by atoms with Crippen molar-refractivity contribution >= 4 is 24.2 Å². The normalized spacial score (nSPS) is 14.2. The lowest BCUT2D eigenvalue weighted by molar-refractivity contribution is 1.06. The van der Waals surface area contributed by atoms with Crippen molar-refractivity contribution in [1.29, 1.82) is 0 Å². The first-order valence-electron chi connectivity index (χ1n) is 6.27. The van der Waals surface area contributed by atoms with Gasteiger partial charge in [-0.1, -0.05) is 26.5 Å². The molecule has 0 fully saturated rings. The van der Waals surface area contributed by atoms with Gasteiger partial charge in [-0.05, 0) is 44.4 Å². The summed E-state index contributed by atoms with van der Waals surface area (Å²) in [4.78, 5) is 9.95. The van der Waals surface area contributed by atoms with Gasteiger partial charge in [0.2, 0.25) is 0 Å². The largest absolute Gasteiger partial charge is 0.284 e. The summed E-state index contributed by atoms with van der Waals surface area (Å²) in [5, 5.41) is 1.84. The molecule has 0 saturated heterocycles. The fourth-order valence-corrected chi connectivity index (χ4v) is 2.15. The lowest BCUT2D eigenvalue weighted by Gasteiger charge is -2.10. The first-order valence-corrected chi connectivity index (χ1v) is 7.15. The van der Waals surface area contributed by atoms with Crippen LogP contribution in [-0.4, -0.2) is 19.0 Å². The maximum atomic E-state index is 4.71. The molecule has 0 heterocycles. The summed E-state index contributed by atoms with van der Waals surface area (Å²) in [6.45, 7) is 16.3. The van der Waals surface area contributed by atoms with E-state index in [4.69, 9.17) is 4.99 Å². The summed E-state index contributed by atoms with van der Waals surface area (Å²) in [5.74, 6) is 0. The van der Waals surface area contributed by atoms with Gasteiger partial charge in [-0.2, -0.15) is 0 Å². The van der Waals surface area contributed by atoms with E-state index in [0.717, 1.165) is 24.3 Å². The number of thioether (sulfide) groups is 1. The lowest BCUT2D eigenvalue weighted by atomic mass is 10.0. The zero-order valence-corrected chi connectivity index (χ0v) is 12.8. The Morgan fingerprint density at radius 3 is 2.33 bits per heavy atom. The number of allylic oxidation sites excluding steroid dienone is 3. The Hall–Kier alpha value is -1.09. The molecule has 0 aromatic heterocycles. The summed E-state index contributed by atoms with van der Waals surface area (Å²) < 4.78 is 0. The van der Waals surface area contributed by atoms with Crippen LogP contribution >= 0.6 is 11.8 Å². The number of rotatable bonds is 8. The van der Waals surface area contributed by atoms with Crippen LogP contribution in [0.4, 0.5) is 0 Å². The molecule has 18 heavy (non-hydrogen) atoms. The van der Waals surface area contributed by atoms with Gasteiger partial charge in [0.05, 0.1) is 6.54 Å². The van der Waals surface area contributed by atoms with E-state index in [-0.39, 0.29) is 0 Å². The molecule has 0 aliphatic heterocycles. The molecule has 0 aliphatic rings. The highest BCUT2D eigenvalue weighted by molar-refractivity contribution is 8.05. The predicted octanol–water partition coefficient (Wildman–Crippen LogP) is 5.00. The fraction of sp³-hybridized carbons (Fsp3) is 0.467. The number of hydrogen-bond donors (Lipinski definition) is 0. The molecule has 2 nitrogen and oxygen atoms in total. The van der Waals surface area contributed by atoms with Crippen LogP contribution in [0, 0.1) is 0 Å². The lowest BCUT2D eigenvalue weighted by Crippen LogP contribution is -2.04. The minimum absolute atomic E-state index is 0.713. The first kappa shape index (κ1) is 16.9. The molecule has 3 heteroatoms. The Labute approximate surface area is 116 Å². The molecule has 0 bridgehead atoms. The molecule has 0 aromatic carbocycles. The van der Waals surface area contributed by atoms with E-state index >= 15 is 0 Å². The maximum absolute atomic E-state index is 4.71. The smallest absolute Gasteiger partial charge is 0.0702 e. The summed E-state index contributed by atoms with van der Waals surface area (Å²) in [7, 11) is 0. The predicted molar refractivity (Wildman–Crippen MR) is 86.7 cm³/mol. The Bertz CT molecular complexity index is 376. The van der Waals surface area contributed by atoms with Gasteiger partial charge >= 0.3 is 0 Å². The Balaban J connectivity index is 5.07. The molecule has 0 aromatic rings. The van der Waals surface area contributed by atoms with E-state index in [2.05, 4.69) is 38.2 Å². The van der Waals surface area contributed by atoms with Crippen LogP contribution in [0.15, 0.2) is 44.2 Å². The van der Waals surface area contributed by atoms with Crippen LogP contribution < -0.4 is 0 Å². The minimum atomic E-state index is 0.713. The number of hydrogen-bond acceptors (Lipinski definition) is 3. The SMILES string of the molecule is C=CS/C(=C\C)CN=C(CC)/C(CC)=C(/C)N=C. The molecular weight excluding hydrogens is 240 g/mol. The van der Waals surface area contributed by atoms with Crippen LogP contribution in [0.1, 0.15) is 40.5 Å². The molecule has 0 saturated carbocycles. The van der Waals surface area contributed by atoms with Crippen molar-refractivity contribution in [3.05, 3.63) is 34.2 Å². The van der Waals surface area contributed by atoms with E-state index in [0.29, 0.717) is 6.54 Å². The van der Waals surface area contributed by atoms with Gasteiger partial charge in [0, 0.05) is 16.3 Å². The molecule has 0 rings (SSSR count). The highest BCUT2D eigenvalue weighted by Crippen LogP contribution is 2.18. The monoisotopic (exact) mass is 264 g/mol. The highest BCUT2D eigenvalue weighted by atomic mass is 32.2. The van der Waals surface area contributed by atoms with Gasteiger partial charge in [0.1, 0.15) is 0 Å². The topological polar surface area (TPSA) is 24.7 Å². The average Bonchev–Trinajstić information content (AvgIpc) is 2.41.